The fraction of sp³-hybridized carbons (Fsp3) is 0.367. The summed E-state index contributed by atoms with van der Waals surface area (Å²) in [7, 11) is 0. The summed E-state index contributed by atoms with van der Waals surface area (Å²) in [6.07, 6.45) is 0.744. The number of piperidine rings is 1. The molecule has 2 fully saturated rings. The number of Topliss-reactive ketones (excluding diaryl/α,β-unsaturated/α-hetero) is 1. The van der Waals surface area contributed by atoms with Gasteiger partial charge in [-0.3, -0.25) is 9.69 Å². The van der Waals surface area contributed by atoms with E-state index in [1.54, 1.807) is 0 Å². The number of ether oxygens (including phenoxy) is 3. The van der Waals surface area contributed by atoms with Gasteiger partial charge in [-0.2, -0.15) is 0 Å². The highest BCUT2D eigenvalue weighted by Crippen LogP contribution is 2.34. The number of carbonyl (C=O) groups excluding carboxylic acids is 1. The first-order valence-electron chi connectivity index (χ1n) is 12.5. The largest absolute Gasteiger partial charge is 0.375 e. The van der Waals surface area contributed by atoms with Gasteiger partial charge in [0, 0.05) is 31.5 Å². The van der Waals surface area contributed by atoms with Gasteiger partial charge in [-0.05, 0) is 16.7 Å². The Balaban J connectivity index is 1.27. The minimum atomic E-state index is -0.167. The summed E-state index contributed by atoms with van der Waals surface area (Å²) in [5.41, 5.74) is 3.40. The molecule has 0 spiro atoms. The third-order valence-electron chi connectivity index (χ3n) is 6.95. The third kappa shape index (κ3) is 6.24. The molecule has 3 aromatic carbocycles. The average molecular weight is 472 g/mol. The summed E-state index contributed by atoms with van der Waals surface area (Å²) >= 11 is 0. The molecule has 0 aliphatic carbocycles. The molecule has 3 aromatic rings. The zero-order chi connectivity index (χ0) is 23.9. The van der Waals surface area contributed by atoms with Crippen LogP contribution in [0.1, 0.15) is 29.5 Å². The molecule has 2 aliphatic rings. The summed E-state index contributed by atoms with van der Waals surface area (Å²) < 4.78 is 19.0. The van der Waals surface area contributed by atoms with E-state index in [0.717, 1.165) is 23.2 Å². The Bertz CT molecular complexity index is 1060. The maximum Gasteiger partial charge on any atom is 0.136 e. The van der Waals surface area contributed by atoms with Gasteiger partial charge in [-0.15, -0.1) is 0 Å². The predicted octanol–water partition coefficient (Wildman–Crippen LogP) is 4.79. The molecule has 2 saturated heterocycles. The lowest BCUT2D eigenvalue weighted by molar-refractivity contribution is -0.129. The Kier molecular flexibility index (Phi) is 8.01. The fourth-order valence-corrected chi connectivity index (χ4v) is 5.19. The summed E-state index contributed by atoms with van der Waals surface area (Å²) in [6, 6.07) is 30.6. The Hall–Kier alpha value is -2.83. The number of ketones is 1. The van der Waals surface area contributed by atoms with Crippen LogP contribution in [-0.2, 0) is 38.8 Å². The van der Waals surface area contributed by atoms with E-state index in [9.17, 15) is 4.79 Å². The lowest BCUT2D eigenvalue weighted by atomic mass is 9.94. The Labute approximate surface area is 207 Å². The monoisotopic (exact) mass is 471 g/mol. The van der Waals surface area contributed by atoms with Crippen LogP contribution in [0.3, 0.4) is 0 Å². The summed E-state index contributed by atoms with van der Waals surface area (Å²) in [6.45, 7) is 2.84. The number of nitrogens with zero attached hydrogens (tertiary/aromatic N) is 1. The quantitative estimate of drug-likeness (QED) is 0.426. The van der Waals surface area contributed by atoms with Gasteiger partial charge >= 0.3 is 0 Å². The molecule has 2 heterocycles. The van der Waals surface area contributed by atoms with Gasteiger partial charge in [-0.1, -0.05) is 91.0 Å². The topological polar surface area (TPSA) is 48.0 Å². The molecule has 0 unspecified atom stereocenters. The van der Waals surface area contributed by atoms with Crippen LogP contribution in [0.4, 0.5) is 0 Å². The SMILES string of the molecule is O=C1C[C@@H](COCc2ccccc2)N2C[C@@H](OCc3ccccc3)[C@H](OCc3ccccc3)[C@H]2C1. The number of fused-ring (bicyclic) bond motifs is 1. The molecule has 35 heavy (non-hydrogen) atoms. The van der Waals surface area contributed by atoms with E-state index < -0.39 is 0 Å². The van der Waals surface area contributed by atoms with Crippen molar-refractivity contribution in [2.24, 2.45) is 0 Å². The predicted molar refractivity (Wildman–Crippen MR) is 135 cm³/mol. The minimum Gasteiger partial charge on any atom is -0.375 e. The highest BCUT2D eigenvalue weighted by atomic mass is 16.5. The lowest BCUT2D eigenvalue weighted by Gasteiger charge is -2.38. The van der Waals surface area contributed by atoms with Gasteiger partial charge < -0.3 is 14.2 Å². The van der Waals surface area contributed by atoms with Gasteiger partial charge in [0.1, 0.15) is 11.9 Å². The maximum atomic E-state index is 12.8. The van der Waals surface area contributed by atoms with Gasteiger partial charge in [0.25, 0.3) is 0 Å². The van der Waals surface area contributed by atoms with Gasteiger partial charge in [-0.25, -0.2) is 0 Å². The van der Waals surface area contributed by atoms with Crippen LogP contribution in [0.5, 0.6) is 0 Å². The Morgan fingerprint density at radius 3 is 1.83 bits per heavy atom. The van der Waals surface area contributed by atoms with E-state index in [4.69, 9.17) is 14.2 Å². The molecule has 182 valence electrons. The van der Waals surface area contributed by atoms with E-state index in [2.05, 4.69) is 41.3 Å². The number of rotatable bonds is 10. The molecule has 4 atom stereocenters. The van der Waals surface area contributed by atoms with Crippen molar-refractivity contribution in [1.82, 2.24) is 4.90 Å². The lowest BCUT2D eigenvalue weighted by Crippen LogP contribution is -2.51. The van der Waals surface area contributed by atoms with Crippen molar-refractivity contribution in [3.63, 3.8) is 0 Å². The average Bonchev–Trinajstić information content (AvgIpc) is 3.25. The van der Waals surface area contributed by atoms with Crippen molar-refractivity contribution in [1.29, 1.82) is 0 Å². The second kappa shape index (κ2) is 11.7. The van der Waals surface area contributed by atoms with Crippen LogP contribution in [0, 0.1) is 0 Å². The Morgan fingerprint density at radius 1 is 0.686 bits per heavy atom. The number of hydrogen-bond donors (Lipinski definition) is 0. The van der Waals surface area contributed by atoms with E-state index >= 15 is 0 Å². The number of hydrogen-bond acceptors (Lipinski definition) is 5. The van der Waals surface area contributed by atoms with Gasteiger partial charge in [0.05, 0.1) is 32.5 Å². The molecule has 0 saturated carbocycles. The van der Waals surface area contributed by atoms with Crippen LogP contribution in [0.2, 0.25) is 0 Å². The fourth-order valence-electron chi connectivity index (χ4n) is 5.19. The van der Waals surface area contributed by atoms with Crippen LogP contribution in [0.15, 0.2) is 91.0 Å². The highest BCUT2D eigenvalue weighted by Gasteiger charge is 2.49. The first kappa shape index (κ1) is 23.9. The maximum absolute atomic E-state index is 12.8. The van der Waals surface area contributed by atoms with Gasteiger partial charge in [0.15, 0.2) is 0 Å². The molecular weight excluding hydrogens is 438 g/mol. The smallest absolute Gasteiger partial charge is 0.136 e. The third-order valence-corrected chi connectivity index (χ3v) is 6.95. The highest BCUT2D eigenvalue weighted by molar-refractivity contribution is 5.80. The molecule has 0 N–H and O–H groups in total. The normalized spacial score (nSPS) is 24.4. The number of carbonyl (C=O) groups is 1. The molecular formula is C30H33NO4. The van der Waals surface area contributed by atoms with Crippen molar-refractivity contribution in [2.45, 2.75) is 57.0 Å². The zero-order valence-corrected chi connectivity index (χ0v) is 20.0. The van der Waals surface area contributed by atoms with Crippen LogP contribution in [-0.4, -0.2) is 48.1 Å². The first-order valence-corrected chi connectivity index (χ1v) is 12.5. The molecule has 0 bridgehead atoms. The molecule has 5 heteroatoms. The standard InChI is InChI=1S/C30H33NO4/c32-27-16-26(22-33-19-23-10-4-1-5-11-23)31-18-29(34-20-24-12-6-2-7-13-24)30(28(31)17-27)35-21-25-14-8-3-9-15-25/h1-15,26,28-30H,16-22H2/t26-,28+,29+,30+/m0/s1. The zero-order valence-electron chi connectivity index (χ0n) is 20.0. The van der Waals surface area contributed by atoms with Crippen LogP contribution in [0.25, 0.3) is 0 Å². The van der Waals surface area contributed by atoms with Crippen LogP contribution >= 0.6 is 0 Å². The molecule has 0 aromatic heterocycles. The Morgan fingerprint density at radius 2 is 1.23 bits per heavy atom. The second-order valence-electron chi connectivity index (χ2n) is 9.46. The summed E-state index contributed by atoms with van der Waals surface area (Å²) in [5, 5.41) is 0. The molecule has 0 amide bonds. The minimum absolute atomic E-state index is 0.00561. The van der Waals surface area contributed by atoms with Gasteiger partial charge in [0.2, 0.25) is 0 Å². The van der Waals surface area contributed by atoms with Crippen molar-refractivity contribution < 1.29 is 19.0 Å². The van der Waals surface area contributed by atoms with Crippen molar-refractivity contribution >= 4 is 5.78 Å². The van der Waals surface area contributed by atoms with Crippen molar-refractivity contribution in [2.75, 3.05) is 13.2 Å². The molecule has 5 nitrogen and oxygen atoms in total. The van der Waals surface area contributed by atoms with Crippen molar-refractivity contribution in [3.8, 4) is 0 Å². The second-order valence-corrected chi connectivity index (χ2v) is 9.46. The van der Waals surface area contributed by atoms with E-state index in [0.29, 0.717) is 39.3 Å². The summed E-state index contributed by atoms with van der Waals surface area (Å²) in [4.78, 5) is 15.2. The van der Waals surface area contributed by atoms with E-state index in [-0.39, 0.29) is 30.1 Å². The van der Waals surface area contributed by atoms with Crippen LogP contribution < -0.4 is 0 Å². The first-order chi connectivity index (χ1) is 17.3. The van der Waals surface area contributed by atoms with E-state index in [1.165, 1.54) is 0 Å². The van der Waals surface area contributed by atoms with E-state index in [1.807, 2.05) is 54.6 Å². The molecule has 0 radical (unpaired) electrons. The number of benzene rings is 3. The molecule has 2 aliphatic heterocycles. The molecule has 5 rings (SSSR count). The summed E-state index contributed by atoms with van der Waals surface area (Å²) in [5.74, 6) is 0.275. The van der Waals surface area contributed by atoms with Crippen molar-refractivity contribution in [3.05, 3.63) is 108 Å².